The fourth-order valence-corrected chi connectivity index (χ4v) is 1.14. The minimum atomic E-state index is -4.94. The molecule has 2 rings (SSSR count). The molecule has 1 aromatic carbocycles. The maximum absolute atomic E-state index is 8.49. The molecular weight excluding hydrogens is 224 g/mol. The maximum Gasteiger partial charge on any atom is 0.242 e. The Morgan fingerprint density at radius 1 is 1.13 bits per heavy atom. The number of imidazole rings is 1. The van der Waals surface area contributed by atoms with Crippen molar-refractivity contribution in [1.29, 1.82) is 0 Å². The molecule has 1 heterocycles. The molecule has 0 unspecified atom stereocenters. The van der Waals surface area contributed by atoms with E-state index in [1.54, 1.807) is 0 Å². The van der Waals surface area contributed by atoms with Crippen LogP contribution in [0.15, 0.2) is 30.6 Å². The molecule has 15 heavy (non-hydrogen) atoms. The van der Waals surface area contributed by atoms with E-state index < -0.39 is 10.2 Å². The molecule has 82 valence electrons. The van der Waals surface area contributed by atoms with E-state index in [-0.39, 0.29) is 0 Å². The van der Waals surface area contributed by atoms with Gasteiger partial charge in [0.2, 0.25) is 6.33 Å². The van der Waals surface area contributed by atoms with Crippen molar-refractivity contribution < 1.29 is 33.4 Å². The van der Waals surface area contributed by atoms with E-state index in [2.05, 4.69) is 21.7 Å². The Kier molecular flexibility index (Phi) is 3.61. The number of aromatic nitrogens is 2. The zero-order chi connectivity index (χ0) is 11.5. The average molecular weight is 233 g/mol. The summed E-state index contributed by atoms with van der Waals surface area (Å²) in [4.78, 5) is 3.15. The number of benzene rings is 1. The van der Waals surface area contributed by atoms with E-state index >= 15 is 0 Å². The standard InChI is InChI=1S/C8H8N2.ClHO4/c1-10-6-9-7-4-2-3-5-8(7)10;2-1(3,4)5/h2-6H,1H3;(H,2,3,4,5). The molecule has 0 saturated heterocycles. The predicted octanol–water partition coefficient (Wildman–Crippen LogP) is -3.76. The number of aromatic amines is 1. The molecule has 0 aliphatic carbocycles. The van der Waals surface area contributed by atoms with Gasteiger partial charge in [0.15, 0.2) is 11.0 Å². The molecule has 0 aliphatic heterocycles. The number of nitrogens with one attached hydrogen (secondary N) is 1. The molecule has 7 heteroatoms. The number of para-hydroxylation sites is 2. The first-order valence-electron chi connectivity index (χ1n) is 3.91. The number of H-pyrrole nitrogens is 1. The molecule has 0 amide bonds. The van der Waals surface area contributed by atoms with Gasteiger partial charge >= 0.3 is 0 Å². The number of aryl methyl sites for hydroxylation is 1. The molecule has 0 saturated carbocycles. The van der Waals surface area contributed by atoms with Crippen LogP contribution in [-0.4, -0.2) is 4.98 Å². The van der Waals surface area contributed by atoms with Gasteiger partial charge in [0, 0.05) is 0 Å². The first kappa shape index (κ1) is 11.9. The molecule has 1 N–H and O–H groups in total. The van der Waals surface area contributed by atoms with Crippen molar-refractivity contribution in [1.82, 2.24) is 4.98 Å². The lowest BCUT2D eigenvalue weighted by Crippen LogP contribution is -2.68. The summed E-state index contributed by atoms with van der Waals surface area (Å²) in [6.45, 7) is 0. The van der Waals surface area contributed by atoms with Gasteiger partial charge in [0.25, 0.3) is 0 Å². The van der Waals surface area contributed by atoms with Gasteiger partial charge < -0.3 is 0 Å². The predicted molar refractivity (Wildman–Crippen MR) is 39.5 cm³/mol. The van der Waals surface area contributed by atoms with E-state index in [1.807, 2.05) is 25.5 Å². The van der Waals surface area contributed by atoms with Gasteiger partial charge in [-0.1, -0.05) is 12.1 Å². The van der Waals surface area contributed by atoms with Crippen LogP contribution in [0.25, 0.3) is 11.0 Å². The van der Waals surface area contributed by atoms with Gasteiger partial charge in [-0.2, -0.15) is 0 Å². The summed E-state index contributed by atoms with van der Waals surface area (Å²) < 4.78 is 36.0. The molecule has 1 aromatic heterocycles. The lowest BCUT2D eigenvalue weighted by Gasteiger charge is -2.17. The summed E-state index contributed by atoms with van der Waals surface area (Å²) in [5, 5.41) is 0. The summed E-state index contributed by atoms with van der Waals surface area (Å²) >= 11 is 0. The number of nitrogens with zero attached hydrogens (tertiary/aromatic N) is 1. The molecule has 0 fully saturated rings. The fourth-order valence-electron chi connectivity index (χ4n) is 1.14. The molecule has 0 atom stereocenters. The Labute approximate surface area is 87.8 Å². The molecule has 0 spiro atoms. The molecule has 0 radical (unpaired) electrons. The minimum absolute atomic E-state index is 1.19. The zero-order valence-electron chi connectivity index (χ0n) is 7.84. The lowest BCUT2D eigenvalue weighted by molar-refractivity contribution is -2.00. The number of hydrogen-bond donors (Lipinski definition) is 1. The molecule has 2 aromatic rings. The van der Waals surface area contributed by atoms with Crippen molar-refractivity contribution in [3.05, 3.63) is 30.6 Å². The monoisotopic (exact) mass is 232 g/mol. The highest BCUT2D eigenvalue weighted by Gasteiger charge is 2.01. The van der Waals surface area contributed by atoms with Gasteiger partial charge in [0.1, 0.15) is 0 Å². The van der Waals surface area contributed by atoms with Crippen molar-refractivity contribution in [2.45, 2.75) is 0 Å². The van der Waals surface area contributed by atoms with E-state index in [0.717, 1.165) is 0 Å². The number of halogens is 1. The van der Waals surface area contributed by atoms with Gasteiger partial charge in [0.05, 0.1) is 7.05 Å². The average Bonchev–Trinajstić information content (AvgIpc) is 2.46. The Morgan fingerprint density at radius 2 is 1.67 bits per heavy atom. The van der Waals surface area contributed by atoms with Crippen molar-refractivity contribution >= 4 is 11.0 Å². The van der Waals surface area contributed by atoms with Crippen LogP contribution in [0.2, 0.25) is 0 Å². The van der Waals surface area contributed by atoms with E-state index in [1.165, 1.54) is 11.0 Å². The Morgan fingerprint density at radius 3 is 2.20 bits per heavy atom. The van der Waals surface area contributed by atoms with Crippen LogP contribution in [0.1, 0.15) is 0 Å². The Hall–Kier alpha value is -1.18. The third-order valence-electron chi connectivity index (χ3n) is 1.70. The first-order valence-corrected chi connectivity index (χ1v) is 5.15. The topological polar surface area (TPSA) is 112 Å². The quantitative estimate of drug-likeness (QED) is 0.470. The summed E-state index contributed by atoms with van der Waals surface area (Å²) in [6, 6.07) is 8.22. The zero-order valence-corrected chi connectivity index (χ0v) is 8.60. The highest BCUT2D eigenvalue weighted by Crippen LogP contribution is 2.03. The minimum Gasteiger partial charge on any atom is -0.243 e. The van der Waals surface area contributed by atoms with Crippen molar-refractivity contribution in [3.8, 4) is 0 Å². The highest BCUT2D eigenvalue weighted by molar-refractivity contribution is 5.70. The summed E-state index contributed by atoms with van der Waals surface area (Å²) in [7, 11) is -2.92. The summed E-state index contributed by atoms with van der Waals surface area (Å²) in [5.41, 5.74) is 2.42. The van der Waals surface area contributed by atoms with Crippen LogP contribution >= 0.6 is 0 Å². The van der Waals surface area contributed by atoms with Crippen LogP contribution < -0.4 is 23.2 Å². The smallest absolute Gasteiger partial charge is 0.242 e. The van der Waals surface area contributed by atoms with Gasteiger partial charge in [-0.25, -0.2) is 28.2 Å². The number of fused-ring (bicyclic) bond motifs is 1. The van der Waals surface area contributed by atoms with Crippen molar-refractivity contribution in [2.75, 3.05) is 0 Å². The number of rotatable bonds is 0. The molecule has 6 nitrogen and oxygen atoms in total. The van der Waals surface area contributed by atoms with E-state index in [4.69, 9.17) is 18.6 Å². The van der Waals surface area contributed by atoms with Crippen molar-refractivity contribution in [3.63, 3.8) is 0 Å². The Balaban J connectivity index is 0.000000195. The van der Waals surface area contributed by atoms with Crippen LogP contribution in [0.5, 0.6) is 0 Å². The van der Waals surface area contributed by atoms with Gasteiger partial charge in [-0.15, -0.1) is 10.2 Å². The Bertz CT molecular complexity index is 431. The SMILES string of the molecule is C[n+]1c[nH]c2ccccc21.[O-][Cl+3]([O-])([O-])[O-]. The molecule has 0 aliphatic rings. The molecule has 0 bridgehead atoms. The van der Waals surface area contributed by atoms with Gasteiger partial charge in [-0.3, -0.25) is 0 Å². The van der Waals surface area contributed by atoms with E-state index in [9.17, 15) is 0 Å². The first-order chi connectivity index (χ1) is 6.88. The third kappa shape index (κ3) is 4.24. The van der Waals surface area contributed by atoms with Crippen LogP contribution in [0.3, 0.4) is 0 Å². The number of hydrogen-bond acceptors (Lipinski definition) is 4. The highest BCUT2D eigenvalue weighted by atomic mass is 35.7. The van der Waals surface area contributed by atoms with E-state index in [0.29, 0.717) is 0 Å². The summed E-state index contributed by atoms with van der Waals surface area (Å²) in [5.74, 6) is 0. The fraction of sp³-hybridized carbons (Fsp3) is 0.125. The summed E-state index contributed by atoms with van der Waals surface area (Å²) in [6.07, 6.45) is 1.95. The largest absolute Gasteiger partial charge is 0.243 e. The lowest BCUT2D eigenvalue weighted by atomic mass is 10.3. The second-order valence-corrected chi connectivity index (χ2v) is 3.54. The van der Waals surface area contributed by atoms with Crippen molar-refractivity contribution in [2.24, 2.45) is 7.05 Å². The third-order valence-corrected chi connectivity index (χ3v) is 1.70. The maximum atomic E-state index is 8.49. The van der Waals surface area contributed by atoms with Gasteiger partial charge in [-0.05, 0) is 12.1 Å². The van der Waals surface area contributed by atoms with Crippen LogP contribution in [0.4, 0.5) is 0 Å². The normalized spacial score (nSPS) is 11.0. The second-order valence-electron chi connectivity index (χ2n) is 2.78. The van der Waals surface area contributed by atoms with Crippen LogP contribution in [0, 0.1) is 10.2 Å². The molecular formula is C8H9ClN2O4. The second kappa shape index (κ2) is 4.56. The van der Waals surface area contributed by atoms with Crippen LogP contribution in [-0.2, 0) is 7.05 Å².